The molecule has 1 unspecified atom stereocenters. The summed E-state index contributed by atoms with van der Waals surface area (Å²) in [5.41, 5.74) is 1.02. The molecular weight excluding hydrogens is 294 g/mol. The maximum atomic E-state index is 9.77. The Morgan fingerprint density at radius 2 is 2.14 bits per heavy atom. The maximum absolute atomic E-state index is 9.77. The minimum absolute atomic E-state index is 0.274. The van der Waals surface area contributed by atoms with Gasteiger partial charge in [0.05, 0.1) is 19.3 Å². The molecule has 1 aromatic heterocycles. The fraction of sp³-hybridized carbons (Fsp3) is 0.429. The molecule has 114 valence electrons. The number of aliphatic hydroxyl groups excluding tert-OH is 1. The van der Waals surface area contributed by atoms with Crippen LogP contribution in [-0.4, -0.2) is 41.0 Å². The second-order valence-corrected chi connectivity index (χ2v) is 5.02. The number of hydrogen-bond acceptors (Lipinski definition) is 6. The highest BCUT2D eigenvalue weighted by Gasteiger charge is 2.05. The Bertz CT molecular complexity index is 505. The molecule has 1 aromatic carbocycles. The zero-order valence-electron chi connectivity index (χ0n) is 11.5. The number of ether oxygens (including phenoxy) is 1. The van der Waals surface area contributed by atoms with Crippen LogP contribution in [0.15, 0.2) is 35.1 Å². The molecule has 21 heavy (non-hydrogen) atoms. The van der Waals surface area contributed by atoms with Crippen LogP contribution in [0.4, 0.5) is 0 Å². The SMILES string of the molecule is OC(CNCCc1ncno1)COCc1ccc(Cl)cc1. The van der Waals surface area contributed by atoms with Crippen molar-refractivity contribution < 1.29 is 14.4 Å². The zero-order chi connectivity index (χ0) is 14.9. The van der Waals surface area contributed by atoms with E-state index < -0.39 is 6.10 Å². The van der Waals surface area contributed by atoms with Crippen LogP contribution >= 0.6 is 11.6 Å². The molecule has 0 aliphatic heterocycles. The van der Waals surface area contributed by atoms with Crippen molar-refractivity contribution >= 4 is 11.6 Å². The van der Waals surface area contributed by atoms with Crippen molar-refractivity contribution in [1.29, 1.82) is 0 Å². The summed E-state index contributed by atoms with van der Waals surface area (Å²) >= 11 is 5.80. The van der Waals surface area contributed by atoms with Crippen LogP contribution in [0.3, 0.4) is 0 Å². The van der Waals surface area contributed by atoms with Gasteiger partial charge in [0.2, 0.25) is 5.89 Å². The van der Waals surface area contributed by atoms with E-state index in [1.165, 1.54) is 6.33 Å². The van der Waals surface area contributed by atoms with Gasteiger partial charge >= 0.3 is 0 Å². The number of nitrogens with zero attached hydrogens (tertiary/aromatic N) is 2. The lowest BCUT2D eigenvalue weighted by molar-refractivity contribution is 0.0289. The molecule has 0 aliphatic carbocycles. The molecule has 0 amide bonds. The van der Waals surface area contributed by atoms with Gasteiger partial charge < -0.3 is 19.7 Å². The molecule has 6 nitrogen and oxygen atoms in total. The van der Waals surface area contributed by atoms with E-state index in [9.17, 15) is 5.11 Å². The third-order valence-corrected chi connectivity index (χ3v) is 3.05. The standard InChI is InChI=1S/C14H18ClN3O3/c15-12-3-1-11(2-4-12)8-20-9-13(19)7-16-6-5-14-17-10-18-21-14/h1-4,10,13,16,19H,5-9H2. The predicted molar refractivity (Wildman–Crippen MR) is 78.0 cm³/mol. The van der Waals surface area contributed by atoms with Crippen LogP contribution in [0.25, 0.3) is 0 Å². The Hall–Kier alpha value is -1.47. The monoisotopic (exact) mass is 311 g/mol. The van der Waals surface area contributed by atoms with Crippen molar-refractivity contribution in [2.45, 2.75) is 19.1 Å². The van der Waals surface area contributed by atoms with Crippen molar-refractivity contribution in [1.82, 2.24) is 15.5 Å². The molecule has 0 bridgehead atoms. The number of nitrogens with one attached hydrogen (secondary N) is 1. The Balaban J connectivity index is 1.53. The molecule has 0 radical (unpaired) electrons. The molecule has 0 saturated heterocycles. The fourth-order valence-corrected chi connectivity index (χ4v) is 1.85. The van der Waals surface area contributed by atoms with Gasteiger partial charge in [-0.1, -0.05) is 28.9 Å². The highest BCUT2D eigenvalue weighted by Crippen LogP contribution is 2.10. The molecular formula is C14H18ClN3O3. The minimum atomic E-state index is -0.556. The van der Waals surface area contributed by atoms with Crippen molar-refractivity contribution in [3.05, 3.63) is 47.1 Å². The average Bonchev–Trinajstić information content (AvgIpc) is 2.99. The highest BCUT2D eigenvalue weighted by atomic mass is 35.5. The van der Waals surface area contributed by atoms with E-state index in [4.69, 9.17) is 20.9 Å². The van der Waals surface area contributed by atoms with Gasteiger partial charge in [-0.3, -0.25) is 0 Å². The molecule has 2 N–H and O–H groups in total. The van der Waals surface area contributed by atoms with Gasteiger partial charge in [0.1, 0.15) is 0 Å². The normalized spacial score (nSPS) is 12.5. The van der Waals surface area contributed by atoms with E-state index in [1.807, 2.05) is 24.3 Å². The Morgan fingerprint density at radius 1 is 1.33 bits per heavy atom. The summed E-state index contributed by atoms with van der Waals surface area (Å²) in [6, 6.07) is 7.43. The summed E-state index contributed by atoms with van der Waals surface area (Å²) < 4.78 is 10.3. The van der Waals surface area contributed by atoms with Gasteiger partial charge in [-0.15, -0.1) is 0 Å². The minimum Gasteiger partial charge on any atom is -0.389 e. The van der Waals surface area contributed by atoms with Crippen LogP contribution < -0.4 is 5.32 Å². The van der Waals surface area contributed by atoms with Crippen molar-refractivity contribution in [2.75, 3.05) is 19.7 Å². The molecule has 0 aliphatic rings. The molecule has 2 rings (SSSR count). The number of aromatic nitrogens is 2. The van der Waals surface area contributed by atoms with Gasteiger partial charge in [-0.2, -0.15) is 4.98 Å². The lowest BCUT2D eigenvalue weighted by Gasteiger charge is -2.12. The largest absolute Gasteiger partial charge is 0.389 e. The summed E-state index contributed by atoms with van der Waals surface area (Å²) in [5, 5.41) is 17.1. The van der Waals surface area contributed by atoms with Crippen molar-refractivity contribution in [3.63, 3.8) is 0 Å². The van der Waals surface area contributed by atoms with E-state index in [0.717, 1.165) is 5.56 Å². The first kappa shape index (κ1) is 15.9. The molecule has 2 aromatic rings. The third-order valence-electron chi connectivity index (χ3n) is 2.79. The summed E-state index contributed by atoms with van der Waals surface area (Å²) in [5.74, 6) is 0.580. The topological polar surface area (TPSA) is 80.4 Å². The second kappa shape index (κ2) is 8.74. The number of aliphatic hydroxyl groups is 1. The first-order chi connectivity index (χ1) is 10.2. The smallest absolute Gasteiger partial charge is 0.227 e. The first-order valence-electron chi connectivity index (χ1n) is 6.70. The first-order valence-corrected chi connectivity index (χ1v) is 7.08. The molecule has 1 heterocycles. The lowest BCUT2D eigenvalue weighted by atomic mass is 10.2. The van der Waals surface area contributed by atoms with E-state index in [-0.39, 0.29) is 6.61 Å². The molecule has 7 heteroatoms. The summed E-state index contributed by atoms with van der Waals surface area (Å²) in [7, 11) is 0. The second-order valence-electron chi connectivity index (χ2n) is 4.58. The van der Waals surface area contributed by atoms with Gasteiger partial charge in [0.15, 0.2) is 6.33 Å². The van der Waals surface area contributed by atoms with Crippen LogP contribution in [-0.2, 0) is 17.8 Å². The van der Waals surface area contributed by atoms with Crippen LogP contribution in [0.1, 0.15) is 11.5 Å². The van der Waals surface area contributed by atoms with E-state index in [0.29, 0.717) is 37.0 Å². The maximum Gasteiger partial charge on any atom is 0.227 e. The van der Waals surface area contributed by atoms with Crippen LogP contribution in [0.5, 0.6) is 0 Å². The van der Waals surface area contributed by atoms with Gasteiger partial charge in [0.25, 0.3) is 0 Å². The van der Waals surface area contributed by atoms with Crippen molar-refractivity contribution in [3.8, 4) is 0 Å². The van der Waals surface area contributed by atoms with Crippen LogP contribution in [0.2, 0.25) is 5.02 Å². The Morgan fingerprint density at radius 3 is 2.86 bits per heavy atom. The van der Waals surface area contributed by atoms with E-state index >= 15 is 0 Å². The number of hydrogen-bond donors (Lipinski definition) is 2. The van der Waals surface area contributed by atoms with Gasteiger partial charge in [-0.05, 0) is 17.7 Å². The average molecular weight is 312 g/mol. The molecule has 0 fully saturated rings. The quantitative estimate of drug-likeness (QED) is 0.682. The summed E-state index contributed by atoms with van der Waals surface area (Å²) in [6.07, 6.45) is 1.45. The number of rotatable bonds is 9. The third kappa shape index (κ3) is 6.22. The fourth-order valence-electron chi connectivity index (χ4n) is 1.72. The van der Waals surface area contributed by atoms with Crippen molar-refractivity contribution in [2.24, 2.45) is 0 Å². The predicted octanol–water partition coefficient (Wildman–Crippen LogP) is 1.43. The van der Waals surface area contributed by atoms with Gasteiger partial charge in [0, 0.05) is 24.5 Å². The summed E-state index contributed by atoms with van der Waals surface area (Å²) in [6.45, 7) is 1.84. The van der Waals surface area contributed by atoms with E-state index in [1.54, 1.807) is 0 Å². The van der Waals surface area contributed by atoms with Gasteiger partial charge in [-0.25, -0.2) is 0 Å². The molecule has 1 atom stereocenters. The Labute approximate surface area is 128 Å². The molecule has 0 spiro atoms. The lowest BCUT2D eigenvalue weighted by Crippen LogP contribution is -2.31. The molecule has 0 saturated carbocycles. The van der Waals surface area contributed by atoms with E-state index in [2.05, 4.69) is 15.5 Å². The number of benzene rings is 1. The zero-order valence-corrected chi connectivity index (χ0v) is 12.3. The number of halogens is 1. The Kier molecular flexibility index (Phi) is 6.62. The highest BCUT2D eigenvalue weighted by molar-refractivity contribution is 6.30. The summed E-state index contributed by atoms with van der Waals surface area (Å²) in [4.78, 5) is 3.91. The van der Waals surface area contributed by atoms with Crippen LogP contribution in [0, 0.1) is 0 Å².